The molecule has 2 saturated heterocycles. The minimum Gasteiger partial charge on any atom is -0.378 e. The van der Waals surface area contributed by atoms with E-state index in [9.17, 15) is 14.4 Å². The normalized spacial score (nSPS) is 37.9. The number of imide groups is 1. The van der Waals surface area contributed by atoms with Crippen LogP contribution in [0.15, 0.2) is 36.4 Å². The van der Waals surface area contributed by atoms with Gasteiger partial charge in [-0.25, -0.2) is 0 Å². The summed E-state index contributed by atoms with van der Waals surface area (Å²) in [6.07, 6.45) is 5.52. The first-order chi connectivity index (χ1) is 13.6. The largest absolute Gasteiger partial charge is 0.378 e. The molecule has 4 fully saturated rings. The van der Waals surface area contributed by atoms with Gasteiger partial charge in [0.1, 0.15) is 0 Å². The van der Waals surface area contributed by atoms with Gasteiger partial charge in [0, 0.05) is 18.7 Å². The van der Waals surface area contributed by atoms with Crippen molar-refractivity contribution in [1.82, 2.24) is 4.90 Å². The van der Waals surface area contributed by atoms with Crippen molar-refractivity contribution < 1.29 is 19.1 Å². The number of benzene rings is 1. The molecule has 0 aromatic heterocycles. The van der Waals surface area contributed by atoms with Crippen molar-refractivity contribution in [2.24, 2.45) is 35.5 Å². The fourth-order valence-corrected chi connectivity index (χ4v) is 5.91. The number of anilines is 1. The summed E-state index contributed by atoms with van der Waals surface area (Å²) in [5.74, 6) is 1.10. The monoisotopic (exact) mass is 378 g/mol. The molecular weight excluding hydrogens is 356 g/mol. The molecule has 2 heterocycles. The minimum absolute atomic E-state index is 0.0371. The molecule has 7 rings (SSSR count). The second-order valence-corrected chi connectivity index (χ2v) is 8.62. The van der Waals surface area contributed by atoms with Crippen LogP contribution in [0.25, 0.3) is 0 Å². The quantitative estimate of drug-likeness (QED) is 0.581. The minimum atomic E-state index is -0.194. The number of carbonyl (C=O) groups is 3. The molecular formula is C22H22N2O4. The summed E-state index contributed by atoms with van der Waals surface area (Å²) >= 11 is 0. The second kappa shape index (κ2) is 5.77. The van der Waals surface area contributed by atoms with Crippen LogP contribution in [0.2, 0.25) is 0 Å². The van der Waals surface area contributed by atoms with Gasteiger partial charge in [0.05, 0.1) is 30.7 Å². The van der Waals surface area contributed by atoms with Crippen LogP contribution in [0.1, 0.15) is 16.8 Å². The van der Waals surface area contributed by atoms with E-state index in [1.807, 2.05) is 0 Å². The van der Waals surface area contributed by atoms with Gasteiger partial charge in [-0.3, -0.25) is 19.3 Å². The van der Waals surface area contributed by atoms with Crippen molar-refractivity contribution in [3.8, 4) is 0 Å². The van der Waals surface area contributed by atoms with Gasteiger partial charge in [0.25, 0.3) is 5.91 Å². The number of allylic oxidation sites excluding steroid dienone is 2. The van der Waals surface area contributed by atoms with Crippen LogP contribution in [0.5, 0.6) is 0 Å². The number of amides is 3. The standard InChI is InChI=1S/C22H22N2O4/c25-20(23-7-9-28-10-8-23)12-1-3-13(4-2-12)24-21(26)18-14-5-6-15(17-11-16(14)17)19(18)22(24)27/h1-6,14-19H,7-11H2/t14-,15+,16-,17-,18+,19+/m1/s1. The summed E-state index contributed by atoms with van der Waals surface area (Å²) in [7, 11) is 0. The first kappa shape index (κ1) is 16.5. The van der Waals surface area contributed by atoms with Gasteiger partial charge < -0.3 is 9.64 Å². The Morgan fingerprint density at radius 2 is 1.46 bits per heavy atom. The van der Waals surface area contributed by atoms with Gasteiger partial charge in [-0.2, -0.15) is 0 Å². The molecule has 144 valence electrons. The number of ether oxygens (including phenoxy) is 1. The Balaban J connectivity index is 1.26. The summed E-state index contributed by atoms with van der Waals surface area (Å²) in [6, 6.07) is 6.91. The maximum absolute atomic E-state index is 13.2. The predicted octanol–water partition coefficient (Wildman–Crippen LogP) is 1.72. The summed E-state index contributed by atoms with van der Waals surface area (Å²) in [5.41, 5.74) is 1.15. The number of hydrogen-bond donors (Lipinski definition) is 0. The van der Waals surface area contributed by atoms with E-state index >= 15 is 0 Å². The Hall–Kier alpha value is -2.47. The third-order valence-corrected chi connectivity index (χ3v) is 7.33. The molecule has 1 aromatic rings. The molecule has 2 aliphatic heterocycles. The molecule has 2 saturated carbocycles. The summed E-state index contributed by atoms with van der Waals surface area (Å²) in [6.45, 7) is 2.29. The highest BCUT2D eigenvalue weighted by Crippen LogP contribution is 2.65. The van der Waals surface area contributed by atoms with Crippen molar-refractivity contribution in [3.05, 3.63) is 42.0 Å². The highest BCUT2D eigenvalue weighted by molar-refractivity contribution is 6.22. The average molecular weight is 378 g/mol. The topological polar surface area (TPSA) is 66.9 Å². The molecule has 0 spiro atoms. The van der Waals surface area contributed by atoms with E-state index in [4.69, 9.17) is 4.74 Å². The summed E-state index contributed by atoms with van der Waals surface area (Å²) < 4.78 is 5.29. The van der Waals surface area contributed by atoms with Gasteiger partial charge >= 0.3 is 0 Å². The van der Waals surface area contributed by atoms with Crippen LogP contribution in [-0.2, 0) is 14.3 Å². The number of hydrogen-bond acceptors (Lipinski definition) is 4. The van der Waals surface area contributed by atoms with Crippen molar-refractivity contribution in [3.63, 3.8) is 0 Å². The highest BCUT2D eigenvalue weighted by atomic mass is 16.5. The highest BCUT2D eigenvalue weighted by Gasteiger charge is 2.67. The number of morpholine rings is 1. The zero-order valence-corrected chi connectivity index (χ0v) is 15.5. The van der Waals surface area contributed by atoms with E-state index < -0.39 is 0 Å². The SMILES string of the molecule is O=C(c1ccc(N2C(=O)[C@H]3[C@@H]4C=C[C@@H]([C@H]5C[C@H]45)[C@@H]3C2=O)cc1)N1CCOCC1. The maximum Gasteiger partial charge on any atom is 0.254 e. The lowest BCUT2D eigenvalue weighted by Crippen LogP contribution is -2.40. The second-order valence-electron chi connectivity index (χ2n) is 8.62. The fraction of sp³-hybridized carbons (Fsp3) is 0.500. The van der Waals surface area contributed by atoms with Gasteiger partial charge in [-0.05, 0) is 54.4 Å². The van der Waals surface area contributed by atoms with Crippen LogP contribution in [0.4, 0.5) is 5.69 Å². The van der Waals surface area contributed by atoms with Crippen LogP contribution >= 0.6 is 0 Å². The molecule has 0 unspecified atom stereocenters. The lowest BCUT2D eigenvalue weighted by atomic mass is 9.63. The molecule has 0 N–H and O–H groups in total. The average Bonchev–Trinajstić information content (AvgIpc) is 3.52. The smallest absolute Gasteiger partial charge is 0.254 e. The van der Waals surface area contributed by atoms with Gasteiger partial charge in [0.2, 0.25) is 11.8 Å². The van der Waals surface area contributed by atoms with Crippen molar-refractivity contribution in [2.75, 3.05) is 31.2 Å². The summed E-state index contributed by atoms with van der Waals surface area (Å²) in [5, 5.41) is 0. The fourth-order valence-electron chi connectivity index (χ4n) is 5.91. The first-order valence-electron chi connectivity index (χ1n) is 10.2. The predicted molar refractivity (Wildman–Crippen MR) is 100 cm³/mol. The van der Waals surface area contributed by atoms with E-state index in [0.29, 0.717) is 49.4 Å². The zero-order valence-electron chi connectivity index (χ0n) is 15.5. The molecule has 6 heteroatoms. The lowest BCUT2D eigenvalue weighted by molar-refractivity contribution is -0.124. The van der Waals surface area contributed by atoms with E-state index in [-0.39, 0.29) is 41.4 Å². The van der Waals surface area contributed by atoms with Crippen molar-refractivity contribution in [1.29, 1.82) is 0 Å². The molecule has 1 aromatic carbocycles. The van der Waals surface area contributed by atoms with Gasteiger partial charge in [-0.1, -0.05) is 12.2 Å². The van der Waals surface area contributed by atoms with Crippen molar-refractivity contribution in [2.45, 2.75) is 6.42 Å². The van der Waals surface area contributed by atoms with Crippen LogP contribution in [-0.4, -0.2) is 48.9 Å². The third-order valence-electron chi connectivity index (χ3n) is 7.33. The third kappa shape index (κ3) is 2.15. The first-order valence-corrected chi connectivity index (χ1v) is 10.2. The van der Waals surface area contributed by atoms with Crippen LogP contribution < -0.4 is 4.90 Å². The Morgan fingerprint density at radius 1 is 0.893 bits per heavy atom. The molecule has 28 heavy (non-hydrogen) atoms. The molecule has 6 nitrogen and oxygen atoms in total. The molecule has 2 bridgehead atoms. The van der Waals surface area contributed by atoms with Crippen LogP contribution in [0, 0.1) is 35.5 Å². The molecule has 3 amide bonds. The van der Waals surface area contributed by atoms with Gasteiger partial charge in [0.15, 0.2) is 0 Å². The Kier molecular flexibility index (Phi) is 3.39. The zero-order chi connectivity index (χ0) is 19.0. The molecule has 6 atom stereocenters. The van der Waals surface area contributed by atoms with Crippen molar-refractivity contribution >= 4 is 23.4 Å². The molecule has 4 aliphatic carbocycles. The Labute approximate surface area is 163 Å². The summed E-state index contributed by atoms with van der Waals surface area (Å²) in [4.78, 5) is 42.1. The molecule has 6 aliphatic rings. The lowest BCUT2D eigenvalue weighted by Gasteiger charge is -2.37. The maximum atomic E-state index is 13.2. The number of rotatable bonds is 2. The number of carbonyl (C=O) groups excluding carboxylic acids is 3. The van der Waals surface area contributed by atoms with E-state index in [0.717, 1.165) is 6.42 Å². The van der Waals surface area contributed by atoms with E-state index in [1.165, 1.54) is 4.90 Å². The molecule has 0 radical (unpaired) electrons. The van der Waals surface area contributed by atoms with E-state index in [2.05, 4.69) is 12.2 Å². The van der Waals surface area contributed by atoms with Crippen LogP contribution in [0.3, 0.4) is 0 Å². The van der Waals surface area contributed by atoms with Gasteiger partial charge in [-0.15, -0.1) is 0 Å². The number of nitrogens with zero attached hydrogens (tertiary/aromatic N) is 2. The Morgan fingerprint density at radius 3 is 2.04 bits per heavy atom. The Bertz CT molecular complexity index is 866. The van der Waals surface area contributed by atoms with E-state index in [1.54, 1.807) is 29.2 Å².